The SMILES string of the molecule is CCNC(=O)COc1cccc(NC(=O)CNC(=O)CNC(=O)c2ccc(Cl)cc2Cl)c1. The first-order valence-corrected chi connectivity index (χ1v) is 10.3. The maximum absolute atomic E-state index is 12.1. The number of carbonyl (C=O) groups excluding carboxylic acids is 4. The molecular weight excluding hydrogens is 459 g/mol. The second-order valence-corrected chi connectivity index (χ2v) is 7.25. The summed E-state index contributed by atoms with van der Waals surface area (Å²) in [4.78, 5) is 47.5. The lowest BCUT2D eigenvalue weighted by Gasteiger charge is -2.10. The van der Waals surface area contributed by atoms with E-state index < -0.39 is 17.7 Å². The van der Waals surface area contributed by atoms with Crippen LogP contribution in [0.5, 0.6) is 5.75 Å². The molecule has 0 unspecified atom stereocenters. The van der Waals surface area contributed by atoms with E-state index in [9.17, 15) is 19.2 Å². The summed E-state index contributed by atoms with van der Waals surface area (Å²) in [7, 11) is 0. The van der Waals surface area contributed by atoms with Gasteiger partial charge >= 0.3 is 0 Å². The van der Waals surface area contributed by atoms with Crippen LogP contribution in [-0.2, 0) is 14.4 Å². The Labute approximate surface area is 194 Å². The molecule has 0 fully saturated rings. The van der Waals surface area contributed by atoms with Crippen LogP contribution in [0.15, 0.2) is 42.5 Å². The Morgan fingerprint density at radius 1 is 0.875 bits per heavy atom. The van der Waals surface area contributed by atoms with Crippen LogP contribution >= 0.6 is 23.2 Å². The van der Waals surface area contributed by atoms with Crippen molar-refractivity contribution in [2.75, 3.05) is 31.6 Å². The van der Waals surface area contributed by atoms with Gasteiger partial charge in [0, 0.05) is 23.3 Å². The van der Waals surface area contributed by atoms with Crippen molar-refractivity contribution in [1.82, 2.24) is 16.0 Å². The Hall–Kier alpha value is -3.30. The molecule has 0 spiro atoms. The van der Waals surface area contributed by atoms with Crippen molar-refractivity contribution < 1.29 is 23.9 Å². The number of benzene rings is 2. The quantitative estimate of drug-likeness (QED) is 0.413. The van der Waals surface area contributed by atoms with Crippen LogP contribution in [0, 0.1) is 0 Å². The van der Waals surface area contributed by atoms with E-state index in [2.05, 4.69) is 21.3 Å². The lowest BCUT2D eigenvalue weighted by atomic mass is 10.2. The molecule has 0 saturated heterocycles. The molecule has 0 heterocycles. The van der Waals surface area contributed by atoms with Gasteiger partial charge in [0.2, 0.25) is 11.8 Å². The fourth-order valence-corrected chi connectivity index (χ4v) is 2.93. The van der Waals surface area contributed by atoms with Crippen LogP contribution in [-0.4, -0.2) is 49.9 Å². The van der Waals surface area contributed by atoms with Gasteiger partial charge in [0.1, 0.15) is 5.75 Å². The number of likely N-dealkylation sites (N-methyl/N-ethyl adjacent to an activating group) is 1. The zero-order valence-electron chi connectivity index (χ0n) is 17.2. The molecule has 0 radical (unpaired) electrons. The van der Waals surface area contributed by atoms with Gasteiger partial charge in [-0.05, 0) is 37.3 Å². The zero-order chi connectivity index (χ0) is 23.5. The predicted octanol–water partition coefficient (Wildman–Crippen LogP) is 1.99. The summed E-state index contributed by atoms with van der Waals surface area (Å²) >= 11 is 11.7. The maximum Gasteiger partial charge on any atom is 0.257 e. The molecule has 0 aliphatic carbocycles. The van der Waals surface area contributed by atoms with Crippen LogP contribution in [0.2, 0.25) is 10.0 Å². The number of anilines is 1. The average molecular weight is 481 g/mol. The Morgan fingerprint density at radius 3 is 2.34 bits per heavy atom. The van der Waals surface area contributed by atoms with Crippen molar-refractivity contribution in [2.45, 2.75) is 6.92 Å². The standard InChI is InChI=1S/C21H22Cl2N4O5/c1-2-24-20(30)12-32-15-5-3-4-14(9-15)27-19(29)11-25-18(28)10-26-21(31)16-7-6-13(22)8-17(16)23/h3-9H,2,10-12H2,1H3,(H,24,30)(H,25,28)(H,26,31)(H,27,29). The monoisotopic (exact) mass is 480 g/mol. The smallest absolute Gasteiger partial charge is 0.257 e. The van der Waals surface area contributed by atoms with Crippen LogP contribution in [0.25, 0.3) is 0 Å². The second-order valence-electron chi connectivity index (χ2n) is 6.40. The molecule has 2 aromatic rings. The molecule has 32 heavy (non-hydrogen) atoms. The number of nitrogens with one attached hydrogen (secondary N) is 4. The highest BCUT2D eigenvalue weighted by Gasteiger charge is 2.13. The van der Waals surface area contributed by atoms with E-state index in [1.165, 1.54) is 18.2 Å². The topological polar surface area (TPSA) is 126 Å². The molecule has 0 aliphatic rings. The highest BCUT2D eigenvalue weighted by atomic mass is 35.5. The van der Waals surface area contributed by atoms with Gasteiger partial charge in [0.05, 0.1) is 23.7 Å². The van der Waals surface area contributed by atoms with Crippen molar-refractivity contribution in [3.63, 3.8) is 0 Å². The van der Waals surface area contributed by atoms with Crippen LogP contribution < -0.4 is 26.0 Å². The molecule has 11 heteroatoms. The molecule has 0 atom stereocenters. The highest BCUT2D eigenvalue weighted by Crippen LogP contribution is 2.20. The molecule has 0 aromatic heterocycles. The van der Waals surface area contributed by atoms with E-state index in [-0.39, 0.29) is 36.2 Å². The Morgan fingerprint density at radius 2 is 1.62 bits per heavy atom. The fraction of sp³-hybridized carbons (Fsp3) is 0.238. The summed E-state index contributed by atoms with van der Waals surface area (Å²) in [5.74, 6) is -1.43. The van der Waals surface area contributed by atoms with E-state index in [1.807, 2.05) is 0 Å². The van der Waals surface area contributed by atoms with Crippen molar-refractivity contribution in [2.24, 2.45) is 0 Å². The first-order chi connectivity index (χ1) is 15.3. The Bertz CT molecular complexity index is 1000. The van der Waals surface area contributed by atoms with Gasteiger partial charge in [-0.25, -0.2) is 0 Å². The van der Waals surface area contributed by atoms with Gasteiger partial charge in [-0.3, -0.25) is 19.2 Å². The van der Waals surface area contributed by atoms with Gasteiger partial charge in [-0.15, -0.1) is 0 Å². The third-order valence-electron chi connectivity index (χ3n) is 3.89. The van der Waals surface area contributed by atoms with Gasteiger partial charge in [-0.1, -0.05) is 29.3 Å². The third-order valence-corrected chi connectivity index (χ3v) is 4.44. The van der Waals surface area contributed by atoms with E-state index in [1.54, 1.807) is 31.2 Å². The van der Waals surface area contributed by atoms with Gasteiger partial charge in [-0.2, -0.15) is 0 Å². The lowest BCUT2D eigenvalue weighted by molar-refractivity contribution is -0.123. The summed E-state index contributed by atoms with van der Waals surface area (Å²) < 4.78 is 5.36. The summed E-state index contributed by atoms with van der Waals surface area (Å²) in [6.45, 7) is 1.52. The summed E-state index contributed by atoms with van der Waals surface area (Å²) in [5.41, 5.74) is 0.610. The average Bonchev–Trinajstić information content (AvgIpc) is 2.75. The lowest BCUT2D eigenvalue weighted by Crippen LogP contribution is -2.40. The molecule has 9 nitrogen and oxygen atoms in total. The van der Waals surface area contributed by atoms with Crippen molar-refractivity contribution in [1.29, 1.82) is 0 Å². The van der Waals surface area contributed by atoms with Crippen LogP contribution in [0.1, 0.15) is 17.3 Å². The summed E-state index contributed by atoms with van der Waals surface area (Å²) in [5, 5.41) is 10.6. The number of halogens is 2. The van der Waals surface area contributed by atoms with Crippen molar-refractivity contribution in [3.05, 3.63) is 58.1 Å². The summed E-state index contributed by atoms with van der Waals surface area (Å²) in [6.07, 6.45) is 0. The molecule has 4 N–H and O–H groups in total. The van der Waals surface area contributed by atoms with Crippen LogP contribution in [0.3, 0.4) is 0 Å². The van der Waals surface area contributed by atoms with Crippen LogP contribution in [0.4, 0.5) is 5.69 Å². The van der Waals surface area contributed by atoms with E-state index in [0.717, 1.165) is 0 Å². The molecule has 2 aromatic carbocycles. The molecule has 2 rings (SSSR count). The van der Waals surface area contributed by atoms with E-state index in [0.29, 0.717) is 23.0 Å². The highest BCUT2D eigenvalue weighted by molar-refractivity contribution is 6.36. The van der Waals surface area contributed by atoms with Gasteiger partial charge < -0.3 is 26.0 Å². The van der Waals surface area contributed by atoms with E-state index >= 15 is 0 Å². The molecule has 0 saturated carbocycles. The number of rotatable bonds is 10. The maximum atomic E-state index is 12.1. The Kier molecular flexibility index (Phi) is 9.77. The number of carbonyl (C=O) groups is 4. The Balaban J connectivity index is 1.75. The fourth-order valence-electron chi connectivity index (χ4n) is 2.44. The molecule has 0 bridgehead atoms. The number of hydrogen-bond acceptors (Lipinski definition) is 5. The second kappa shape index (κ2) is 12.5. The van der Waals surface area contributed by atoms with Gasteiger partial charge in [0.15, 0.2) is 6.61 Å². The first-order valence-electron chi connectivity index (χ1n) is 9.58. The summed E-state index contributed by atoms with van der Waals surface area (Å²) in [6, 6.07) is 10.9. The predicted molar refractivity (Wildman–Crippen MR) is 121 cm³/mol. The molecule has 4 amide bonds. The first kappa shape index (κ1) is 25.0. The minimum Gasteiger partial charge on any atom is -0.484 e. The molecule has 0 aliphatic heterocycles. The van der Waals surface area contributed by atoms with Crippen molar-refractivity contribution in [3.8, 4) is 5.75 Å². The number of ether oxygens (including phenoxy) is 1. The number of amides is 4. The molecular formula is C21H22Cl2N4O5. The largest absolute Gasteiger partial charge is 0.484 e. The normalized spacial score (nSPS) is 10.1. The minimum atomic E-state index is -0.558. The van der Waals surface area contributed by atoms with Crippen molar-refractivity contribution >= 4 is 52.5 Å². The molecule has 170 valence electrons. The van der Waals surface area contributed by atoms with Gasteiger partial charge in [0.25, 0.3) is 11.8 Å². The van der Waals surface area contributed by atoms with E-state index in [4.69, 9.17) is 27.9 Å². The minimum absolute atomic E-state index is 0.145. The zero-order valence-corrected chi connectivity index (χ0v) is 18.7. The number of hydrogen-bond donors (Lipinski definition) is 4. The third kappa shape index (κ3) is 8.44.